The van der Waals surface area contributed by atoms with Gasteiger partial charge >= 0.3 is 18.5 Å². The van der Waals surface area contributed by atoms with E-state index in [1.54, 1.807) is 0 Å². The number of nitrogens with zero attached hydrogens (tertiary/aromatic N) is 2. The Morgan fingerprint density at radius 1 is 1.00 bits per heavy atom. The molecule has 1 heterocycles. The standard InChI is InChI=1S/C15H7BrF9N3O/c1-2-28-11(27-10(15(23,24)25)9(26)12(28)29)6-3-5(13(17,18)19)4-7(8(6)16)14(20,21)22/h2-4H,1,26H2. The number of rotatable bonds is 2. The van der Waals surface area contributed by atoms with Crippen LogP contribution in [0.4, 0.5) is 45.2 Å². The van der Waals surface area contributed by atoms with Crippen LogP contribution in [0.5, 0.6) is 0 Å². The monoisotopic (exact) mass is 495 g/mol. The van der Waals surface area contributed by atoms with Crippen molar-refractivity contribution in [3.05, 3.63) is 50.4 Å². The fourth-order valence-corrected chi connectivity index (χ4v) is 2.91. The van der Waals surface area contributed by atoms with Crippen molar-refractivity contribution in [2.45, 2.75) is 18.5 Å². The van der Waals surface area contributed by atoms with Crippen LogP contribution >= 0.6 is 15.9 Å². The normalized spacial score (nSPS) is 12.9. The molecule has 0 radical (unpaired) electrons. The van der Waals surface area contributed by atoms with E-state index in [2.05, 4.69) is 27.5 Å². The number of aromatic nitrogens is 2. The second kappa shape index (κ2) is 7.07. The van der Waals surface area contributed by atoms with Gasteiger partial charge in [-0.2, -0.15) is 39.5 Å². The Labute approximate surface area is 163 Å². The van der Waals surface area contributed by atoms with E-state index in [1.807, 2.05) is 0 Å². The number of hydrogen-bond acceptors (Lipinski definition) is 3. The molecule has 1 aromatic heterocycles. The Morgan fingerprint density at radius 2 is 1.55 bits per heavy atom. The predicted octanol–water partition coefficient (Wildman–Crippen LogP) is 5.41. The molecule has 0 fully saturated rings. The Bertz CT molecular complexity index is 1040. The number of nitrogens with two attached hydrogens (primary N) is 1. The van der Waals surface area contributed by atoms with Gasteiger partial charge in [0.15, 0.2) is 5.69 Å². The molecular weight excluding hydrogens is 489 g/mol. The summed E-state index contributed by atoms with van der Waals surface area (Å²) in [6, 6.07) is -0.108. The molecule has 4 nitrogen and oxygen atoms in total. The highest BCUT2D eigenvalue weighted by atomic mass is 79.9. The first-order valence-corrected chi connectivity index (χ1v) is 7.89. The van der Waals surface area contributed by atoms with E-state index in [-0.39, 0.29) is 16.7 Å². The van der Waals surface area contributed by atoms with Crippen LogP contribution in [-0.2, 0) is 18.5 Å². The maximum atomic E-state index is 13.2. The highest BCUT2D eigenvalue weighted by Gasteiger charge is 2.41. The van der Waals surface area contributed by atoms with Crippen molar-refractivity contribution < 1.29 is 39.5 Å². The van der Waals surface area contributed by atoms with Gasteiger partial charge < -0.3 is 5.73 Å². The lowest BCUT2D eigenvalue weighted by Gasteiger charge is -2.19. The maximum Gasteiger partial charge on any atom is 0.435 e. The molecule has 2 N–H and O–H groups in total. The summed E-state index contributed by atoms with van der Waals surface area (Å²) in [5.74, 6) is -1.17. The van der Waals surface area contributed by atoms with Gasteiger partial charge in [0.2, 0.25) is 0 Å². The SMILES string of the molecule is C=Cn1c(-c2cc(C(F)(F)F)cc(C(F)(F)F)c2Br)nc(C(F)(F)F)c(N)c1=O. The van der Waals surface area contributed by atoms with Gasteiger partial charge in [-0.15, -0.1) is 0 Å². The van der Waals surface area contributed by atoms with Crippen molar-refractivity contribution in [3.63, 3.8) is 0 Å². The van der Waals surface area contributed by atoms with Crippen molar-refractivity contribution in [2.24, 2.45) is 0 Å². The molecule has 0 aliphatic heterocycles. The van der Waals surface area contributed by atoms with Gasteiger partial charge in [0, 0.05) is 16.2 Å². The first-order valence-electron chi connectivity index (χ1n) is 7.10. The number of benzene rings is 1. The minimum Gasteiger partial charge on any atom is -0.392 e. The lowest BCUT2D eigenvalue weighted by atomic mass is 10.0. The van der Waals surface area contributed by atoms with Crippen molar-refractivity contribution in [3.8, 4) is 11.4 Å². The second-order valence-electron chi connectivity index (χ2n) is 5.43. The topological polar surface area (TPSA) is 60.9 Å². The summed E-state index contributed by atoms with van der Waals surface area (Å²) >= 11 is 2.45. The molecule has 2 rings (SSSR count). The zero-order chi connectivity index (χ0) is 22.5. The van der Waals surface area contributed by atoms with Gasteiger partial charge in [-0.25, -0.2) is 4.98 Å². The molecule has 2 aromatic rings. The number of anilines is 1. The van der Waals surface area contributed by atoms with Crippen LogP contribution in [0.2, 0.25) is 0 Å². The average molecular weight is 496 g/mol. The van der Waals surface area contributed by atoms with Crippen LogP contribution in [0.15, 0.2) is 28.0 Å². The van der Waals surface area contributed by atoms with Crippen molar-refractivity contribution >= 4 is 27.8 Å². The maximum absolute atomic E-state index is 13.2. The van der Waals surface area contributed by atoms with Crippen LogP contribution in [0.1, 0.15) is 16.8 Å². The first kappa shape index (κ1) is 22.8. The van der Waals surface area contributed by atoms with Crippen LogP contribution < -0.4 is 11.3 Å². The molecule has 0 bridgehead atoms. The van der Waals surface area contributed by atoms with Crippen LogP contribution in [-0.4, -0.2) is 9.55 Å². The van der Waals surface area contributed by atoms with Crippen LogP contribution in [0, 0.1) is 0 Å². The van der Waals surface area contributed by atoms with E-state index in [9.17, 15) is 44.3 Å². The molecule has 158 valence electrons. The third kappa shape index (κ3) is 4.26. The number of hydrogen-bond donors (Lipinski definition) is 1. The molecule has 14 heteroatoms. The molecule has 0 aliphatic carbocycles. The van der Waals surface area contributed by atoms with Gasteiger partial charge in [0.1, 0.15) is 11.5 Å². The molecule has 0 saturated heterocycles. The lowest BCUT2D eigenvalue weighted by Crippen LogP contribution is -2.28. The zero-order valence-corrected chi connectivity index (χ0v) is 15.2. The molecule has 0 saturated carbocycles. The van der Waals surface area contributed by atoms with E-state index in [0.717, 1.165) is 0 Å². The Kier molecular flexibility index (Phi) is 5.56. The Morgan fingerprint density at radius 3 is 1.97 bits per heavy atom. The first-order chi connectivity index (χ1) is 13.0. The summed E-state index contributed by atoms with van der Waals surface area (Å²) in [4.78, 5) is 15.1. The van der Waals surface area contributed by atoms with Crippen molar-refractivity contribution in [2.75, 3.05) is 5.73 Å². The Balaban J connectivity index is 3.07. The second-order valence-corrected chi connectivity index (χ2v) is 6.23. The summed E-state index contributed by atoms with van der Waals surface area (Å²) in [6.07, 6.45) is -15.3. The van der Waals surface area contributed by atoms with E-state index in [1.165, 1.54) is 0 Å². The van der Waals surface area contributed by atoms with E-state index < -0.39 is 62.5 Å². The van der Waals surface area contributed by atoms with Crippen LogP contribution in [0.3, 0.4) is 0 Å². The van der Waals surface area contributed by atoms with Gasteiger partial charge in [-0.3, -0.25) is 9.36 Å². The number of alkyl halides is 9. The summed E-state index contributed by atoms with van der Waals surface area (Å²) in [6.45, 7) is 3.11. The van der Waals surface area contributed by atoms with E-state index in [4.69, 9.17) is 5.73 Å². The number of nitrogen functional groups attached to an aromatic ring is 1. The van der Waals surface area contributed by atoms with Crippen molar-refractivity contribution in [1.82, 2.24) is 9.55 Å². The molecule has 0 unspecified atom stereocenters. The summed E-state index contributed by atoms with van der Waals surface area (Å²) in [5.41, 5.74) is -4.58. The highest BCUT2D eigenvalue weighted by molar-refractivity contribution is 9.10. The predicted molar refractivity (Wildman–Crippen MR) is 87.4 cm³/mol. The summed E-state index contributed by atoms with van der Waals surface area (Å²) < 4.78 is 117. The minimum atomic E-state index is -5.31. The molecule has 29 heavy (non-hydrogen) atoms. The molecule has 0 atom stereocenters. The number of halogens is 10. The van der Waals surface area contributed by atoms with E-state index >= 15 is 0 Å². The minimum absolute atomic E-state index is 0.122. The average Bonchev–Trinajstić information content (AvgIpc) is 2.54. The van der Waals surface area contributed by atoms with Gasteiger partial charge in [-0.1, -0.05) is 6.58 Å². The van der Waals surface area contributed by atoms with Gasteiger partial charge in [0.25, 0.3) is 5.56 Å². The quantitative estimate of drug-likeness (QED) is 0.566. The fourth-order valence-electron chi connectivity index (χ4n) is 2.28. The van der Waals surface area contributed by atoms with Gasteiger partial charge in [0.05, 0.1) is 11.1 Å². The molecule has 0 aliphatic rings. The smallest absolute Gasteiger partial charge is 0.392 e. The van der Waals surface area contributed by atoms with Crippen molar-refractivity contribution in [1.29, 1.82) is 0 Å². The lowest BCUT2D eigenvalue weighted by molar-refractivity contribution is -0.143. The van der Waals surface area contributed by atoms with Crippen LogP contribution in [0.25, 0.3) is 17.6 Å². The van der Waals surface area contributed by atoms with E-state index in [0.29, 0.717) is 6.20 Å². The largest absolute Gasteiger partial charge is 0.435 e. The summed E-state index contributed by atoms with van der Waals surface area (Å²) in [5, 5.41) is 0. The Hall–Kier alpha value is -2.51. The molecule has 0 spiro atoms. The van der Waals surface area contributed by atoms with Gasteiger partial charge in [-0.05, 0) is 28.1 Å². The molecule has 0 amide bonds. The molecule has 1 aromatic carbocycles. The summed E-state index contributed by atoms with van der Waals surface area (Å²) in [7, 11) is 0. The zero-order valence-electron chi connectivity index (χ0n) is 13.6. The highest BCUT2D eigenvalue weighted by Crippen LogP contribution is 2.44. The fraction of sp³-hybridized carbons (Fsp3) is 0.200. The third-order valence-corrected chi connectivity index (χ3v) is 4.40. The molecular formula is C15H7BrF9N3O. The third-order valence-electron chi connectivity index (χ3n) is 3.55.